The standard InChI is InChI=1S/C13H17F3N2O/c1-9(11(17)10-5-3-2-4-6-10)12(19)18-8-7-13(14,15)16/h2-6,9,11H,7-8,17H2,1H3,(H,18,19). The van der Waals surface area contributed by atoms with Crippen LogP contribution in [0.15, 0.2) is 30.3 Å². The lowest BCUT2D eigenvalue weighted by Gasteiger charge is -2.20. The van der Waals surface area contributed by atoms with Crippen LogP contribution in [0.2, 0.25) is 0 Å². The summed E-state index contributed by atoms with van der Waals surface area (Å²) in [7, 11) is 0. The summed E-state index contributed by atoms with van der Waals surface area (Å²) in [5, 5.41) is 2.25. The summed E-state index contributed by atoms with van der Waals surface area (Å²) in [6, 6.07) is 8.44. The number of amides is 1. The van der Waals surface area contributed by atoms with E-state index in [-0.39, 0.29) is 0 Å². The molecule has 106 valence electrons. The molecule has 0 aliphatic heterocycles. The number of carbonyl (C=O) groups is 1. The molecule has 0 aromatic heterocycles. The van der Waals surface area contributed by atoms with Crippen LogP contribution < -0.4 is 11.1 Å². The van der Waals surface area contributed by atoms with Gasteiger partial charge in [0.05, 0.1) is 12.3 Å². The fourth-order valence-electron chi connectivity index (χ4n) is 1.62. The van der Waals surface area contributed by atoms with Gasteiger partial charge in [-0.2, -0.15) is 13.2 Å². The zero-order valence-electron chi connectivity index (χ0n) is 10.6. The van der Waals surface area contributed by atoms with Gasteiger partial charge in [-0.1, -0.05) is 37.3 Å². The zero-order valence-corrected chi connectivity index (χ0v) is 10.6. The Kier molecular flexibility index (Phi) is 5.35. The van der Waals surface area contributed by atoms with Gasteiger partial charge in [0.15, 0.2) is 0 Å². The van der Waals surface area contributed by atoms with Crippen LogP contribution in [-0.2, 0) is 4.79 Å². The summed E-state index contributed by atoms with van der Waals surface area (Å²) in [6.07, 6.45) is -5.30. The van der Waals surface area contributed by atoms with Gasteiger partial charge in [-0.05, 0) is 5.56 Å². The van der Waals surface area contributed by atoms with Crippen LogP contribution >= 0.6 is 0 Å². The first-order valence-corrected chi connectivity index (χ1v) is 5.96. The molecule has 1 aromatic rings. The van der Waals surface area contributed by atoms with Gasteiger partial charge in [0.2, 0.25) is 5.91 Å². The first-order valence-electron chi connectivity index (χ1n) is 5.96. The summed E-state index contributed by atoms with van der Waals surface area (Å²) in [5.41, 5.74) is 6.69. The van der Waals surface area contributed by atoms with Gasteiger partial charge in [0.25, 0.3) is 0 Å². The van der Waals surface area contributed by atoms with E-state index in [0.717, 1.165) is 5.56 Å². The second-order valence-corrected chi connectivity index (χ2v) is 4.38. The largest absolute Gasteiger partial charge is 0.390 e. The number of rotatable bonds is 5. The second kappa shape index (κ2) is 6.56. The smallest absolute Gasteiger partial charge is 0.355 e. The van der Waals surface area contributed by atoms with Gasteiger partial charge >= 0.3 is 6.18 Å². The monoisotopic (exact) mass is 274 g/mol. The van der Waals surface area contributed by atoms with E-state index in [2.05, 4.69) is 5.32 Å². The number of alkyl halides is 3. The molecule has 0 heterocycles. The lowest BCUT2D eigenvalue weighted by atomic mass is 9.95. The van der Waals surface area contributed by atoms with Crippen LogP contribution in [0.4, 0.5) is 13.2 Å². The van der Waals surface area contributed by atoms with Crippen molar-refractivity contribution in [1.29, 1.82) is 0 Å². The maximum Gasteiger partial charge on any atom is 0.390 e. The van der Waals surface area contributed by atoms with Gasteiger partial charge in [-0.15, -0.1) is 0 Å². The molecule has 0 aliphatic rings. The van der Waals surface area contributed by atoms with Crippen molar-refractivity contribution in [2.45, 2.75) is 25.6 Å². The zero-order chi connectivity index (χ0) is 14.5. The molecule has 0 radical (unpaired) electrons. The van der Waals surface area contributed by atoms with E-state index < -0.39 is 37.0 Å². The Morgan fingerprint density at radius 3 is 2.42 bits per heavy atom. The third-order valence-corrected chi connectivity index (χ3v) is 2.84. The number of nitrogens with one attached hydrogen (secondary N) is 1. The Hall–Kier alpha value is -1.56. The van der Waals surface area contributed by atoms with Gasteiger partial charge in [0.1, 0.15) is 0 Å². The van der Waals surface area contributed by atoms with Crippen LogP contribution in [0.5, 0.6) is 0 Å². The highest BCUT2D eigenvalue weighted by molar-refractivity contribution is 5.79. The lowest BCUT2D eigenvalue weighted by Crippen LogP contribution is -2.37. The van der Waals surface area contributed by atoms with Crippen molar-refractivity contribution in [3.8, 4) is 0 Å². The average molecular weight is 274 g/mol. The summed E-state index contributed by atoms with van der Waals surface area (Å²) in [5.74, 6) is -1.06. The van der Waals surface area contributed by atoms with Crippen molar-refractivity contribution >= 4 is 5.91 Å². The van der Waals surface area contributed by atoms with E-state index in [1.165, 1.54) is 0 Å². The molecule has 3 N–H and O–H groups in total. The summed E-state index contributed by atoms with van der Waals surface area (Å²) < 4.78 is 35.9. The summed E-state index contributed by atoms with van der Waals surface area (Å²) >= 11 is 0. The van der Waals surface area contributed by atoms with Crippen LogP contribution in [0.25, 0.3) is 0 Å². The molecule has 0 fully saturated rings. The molecule has 0 saturated heterocycles. The van der Waals surface area contributed by atoms with Crippen molar-refractivity contribution in [1.82, 2.24) is 5.32 Å². The third-order valence-electron chi connectivity index (χ3n) is 2.84. The molecule has 0 bridgehead atoms. The average Bonchev–Trinajstić information content (AvgIpc) is 2.36. The number of halogens is 3. The fraction of sp³-hybridized carbons (Fsp3) is 0.462. The van der Waals surface area contributed by atoms with Crippen molar-refractivity contribution < 1.29 is 18.0 Å². The Bertz CT molecular complexity index is 406. The highest BCUT2D eigenvalue weighted by Crippen LogP contribution is 2.20. The quantitative estimate of drug-likeness (QED) is 0.866. The normalized spacial score (nSPS) is 14.8. The molecule has 1 aromatic carbocycles. The van der Waals surface area contributed by atoms with Gasteiger partial charge in [0, 0.05) is 12.6 Å². The molecule has 1 rings (SSSR count). The van der Waals surface area contributed by atoms with E-state index in [1.807, 2.05) is 6.07 Å². The molecule has 2 atom stereocenters. The molecule has 0 spiro atoms. The van der Waals surface area contributed by atoms with E-state index in [9.17, 15) is 18.0 Å². The highest BCUT2D eigenvalue weighted by atomic mass is 19.4. The minimum absolute atomic E-state index is 0.422. The van der Waals surface area contributed by atoms with E-state index in [1.54, 1.807) is 31.2 Å². The molecule has 3 nitrogen and oxygen atoms in total. The van der Waals surface area contributed by atoms with Crippen molar-refractivity contribution in [2.24, 2.45) is 11.7 Å². The first-order chi connectivity index (χ1) is 8.81. The third kappa shape index (κ3) is 5.30. The molecule has 19 heavy (non-hydrogen) atoms. The van der Waals surface area contributed by atoms with Crippen LogP contribution in [0.3, 0.4) is 0 Å². The Morgan fingerprint density at radius 1 is 1.32 bits per heavy atom. The van der Waals surface area contributed by atoms with E-state index in [0.29, 0.717) is 0 Å². The molecule has 0 aliphatic carbocycles. The number of nitrogens with two attached hydrogens (primary N) is 1. The Labute approximate surface area is 110 Å². The topological polar surface area (TPSA) is 55.1 Å². The predicted molar refractivity (Wildman–Crippen MR) is 66.2 cm³/mol. The molecular weight excluding hydrogens is 257 g/mol. The molecule has 2 unspecified atom stereocenters. The highest BCUT2D eigenvalue weighted by Gasteiger charge is 2.28. The summed E-state index contributed by atoms with van der Waals surface area (Å²) in [6.45, 7) is 1.18. The minimum Gasteiger partial charge on any atom is -0.355 e. The van der Waals surface area contributed by atoms with Crippen molar-refractivity contribution in [3.63, 3.8) is 0 Å². The number of benzene rings is 1. The molecule has 1 amide bonds. The Morgan fingerprint density at radius 2 is 1.89 bits per heavy atom. The van der Waals surface area contributed by atoms with E-state index in [4.69, 9.17) is 5.73 Å². The molecule has 0 saturated carbocycles. The maximum absolute atomic E-state index is 12.0. The van der Waals surface area contributed by atoms with Crippen LogP contribution in [-0.4, -0.2) is 18.6 Å². The van der Waals surface area contributed by atoms with E-state index >= 15 is 0 Å². The molecule has 6 heteroatoms. The van der Waals surface area contributed by atoms with Gasteiger partial charge in [-0.3, -0.25) is 4.79 Å². The van der Waals surface area contributed by atoms with Crippen molar-refractivity contribution in [3.05, 3.63) is 35.9 Å². The maximum atomic E-state index is 12.0. The molecular formula is C13H17F3N2O. The van der Waals surface area contributed by atoms with Crippen LogP contribution in [0.1, 0.15) is 24.9 Å². The van der Waals surface area contributed by atoms with Gasteiger partial charge < -0.3 is 11.1 Å². The number of hydrogen-bond acceptors (Lipinski definition) is 2. The lowest BCUT2D eigenvalue weighted by molar-refractivity contribution is -0.136. The number of carbonyl (C=O) groups excluding carboxylic acids is 1. The van der Waals surface area contributed by atoms with Crippen LogP contribution in [0, 0.1) is 5.92 Å². The Balaban J connectivity index is 2.48. The SMILES string of the molecule is CC(C(=O)NCCC(F)(F)F)C(N)c1ccccc1. The van der Waals surface area contributed by atoms with Crippen molar-refractivity contribution in [2.75, 3.05) is 6.54 Å². The second-order valence-electron chi connectivity index (χ2n) is 4.38. The first kappa shape index (κ1) is 15.5. The number of hydrogen-bond donors (Lipinski definition) is 2. The fourth-order valence-corrected chi connectivity index (χ4v) is 1.62. The minimum atomic E-state index is -4.27. The predicted octanol–water partition coefficient (Wildman–Crippen LogP) is 2.39. The summed E-state index contributed by atoms with van der Waals surface area (Å²) in [4.78, 5) is 11.7. The van der Waals surface area contributed by atoms with Gasteiger partial charge in [-0.25, -0.2) is 0 Å².